The number of aliphatic hydroxyl groups excluding tert-OH is 1. The van der Waals surface area contributed by atoms with Crippen LogP contribution in [0.4, 0.5) is 5.69 Å². The Morgan fingerprint density at radius 2 is 2.37 bits per heavy atom. The van der Waals surface area contributed by atoms with E-state index >= 15 is 0 Å². The van der Waals surface area contributed by atoms with Crippen molar-refractivity contribution in [3.05, 3.63) is 28.8 Å². The summed E-state index contributed by atoms with van der Waals surface area (Å²) in [6.07, 6.45) is 1.45. The van der Waals surface area contributed by atoms with Gasteiger partial charge < -0.3 is 10.4 Å². The molecular weight excluding hydrogens is 264 g/mol. The maximum atomic E-state index is 12.0. The molecule has 1 aromatic carbocycles. The molecule has 1 unspecified atom stereocenters. The number of likely N-dealkylation sites (tertiary alicyclic amines) is 1. The summed E-state index contributed by atoms with van der Waals surface area (Å²) in [5, 5.41) is 13.1. The summed E-state index contributed by atoms with van der Waals surface area (Å²) in [5.41, 5.74) is 1.62. The smallest absolute Gasteiger partial charge is 0.238 e. The predicted molar refractivity (Wildman–Crippen MR) is 76.5 cm³/mol. The molecule has 0 bridgehead atoms. The highest BCUT2D eigenvalue weighted by molar-refractivity contribution is 6.31. The minimum Gasteiger partial charge on any atom is -0.392 e. The minimum absolute atomic E-state index is 0.0699. The minimum atomic E-state index is -0.311. The van der Waals surface area contributed by atoms with E-state index in [1.165, 1.54) is 0 Å². The summed E-state index contributed by atoms with van der Waals surface area (Å²) < 4.78 is 0. The van der Waals surface area contributed by atoms with E-state index in [-0.39, 0.29) is 12.0 Å². The number of rotatable bonds is 3. The third kappa shape index (κ3) is 3.93. The van der Waals surface area contributed by atoms with E-state index in [0.29, 0.717) is 18.1 Å². The van der Waals surface area contributed by atoms with Gasteiger partial charge in [0.2, 0.25) is 5.91 Å². The fraction of sp³-hybridized carbons (Fsp3) is 0.500. The molecule has 0 aromatic heterocycles. The normalized spacial score (nSPS) is 20.3. The number of carbonyl (C=O) groups excluding carboxylic acids is 1. The topological polar surface area (TPSA) is 52.6 Å². The Balaban J connectivity index is 1.92. The quantitative estimate of drug-likeness (QED) is 0.892. The van der Waals surface area contributed by atoms with Crippen LogP contribution >= 0.6 is 11.6 Å². The second-order valence-electron chi connectivity index (χ2n) is 4.99. The first kappa shape index (κ1) is 14.3. The zero-order chi connectivity index (χ0) is 13.8. The summed E-state index contributed by atoms with van der Waals surface area (Å²) in [6.45, 7) is 3.62. The molecule has 4 nitrogen and oxygen atoms in total. The predicted octanol–water partition coefficient (Wildman–Crippen LogP) is 2.04. The van der Waals surface area contributed by atoms with Crippen molar-refractivity contribution in [2.75, 3.05) is 25.0 Å². The van der Waals surface area contributed by atoms with E-state index in [1.807, 2.05) is 24.0 Å². The van der Waals surface area contributed by atoms with Crippen molar-refractivity contribution in [3.63, 3.8) is 0 Å². The van der Waals surface area contributed by atoms with Gasteiger partial charge in [-0.25, -0.2) is 0 Å². The Kier molecular flexibility index (Phi) is 4.80. The molecule has 1 heterocycles. The molecule has 0 spiro atoms. The molecule has 1 aromatic rings. The summed E-state index contributed by atoms with van der Waals surface area (Å²) in [4.78, 5) is 13.9. The van der Waals surface area contributed by atoms with Crippen molar-refractivity contribution in [2.45, 2.75) is 25.9 Å². The van der Waals surface area contributed by atoms with Crippen molar-refractivity contribution < 1.29 is 9.90 Å². The molecule has 0 saturated carbocycles. The maximum absolute atomic E-state index is 12.0. The Morgan fingerprint density at radius 3 is 3.11 bits per heavy atom. The fourth-order valence-corrected chi connectivity index (χ4v) is 2.48. The highest BCUT2D eigenvalue weighted by atomic mass is 35.5. The number of carbonyl (C=O) groups is 1. The van der Waals surface area contributed by atoms with Gasteiger partial charge in [0.1, 0.15) is 0 Å². The van der Waals surface area contributed by atoms with E-state index in [2.05, 4.69) is 5.32 Å². The lowest BCUT2D eigenvalue weighted by Gasteiger charge is -2.29. The molecule has 1 amide bonds. The number of anilines is 1. The zero-order valence-corrected chi connectivity index (χ0v) is 11.8. The number of β-amino-alcohol motifs (C(OH)–C–C–N with tert-alkyl or cyclic N) is 1. The highest BCUT2D eigenvalue weighted by Gasteiger charge is 2.19. The van der Waals surface area contributed by atoms with E-state index in [9.17, 15) is 9.90 Å². The van der Waals surface area contributed by atoms with Crippen LogP contribution in [0.5, 0.6) is 0 Å². The molecule has 5 heteroatoms. The number of benzene rings is 1. The average Bonchev–Trinajstić information content (AvgIpc) is 2.35. The van der Waals surface area contributed by atoms with E-state index in [0.717, 1.165) is 30.6 Å². The number of nitrogens with one attached hydrogen (secondary N) is 1. The second kappa shape index (κ2) is 6.37. The summed E-state index contributed by atoms with van der Waals surface area (Å²) in [6, 6.07) is 5.45. The van der Waals surface area contributed by atoms with Gasteiger partial charge in [0.05, 0.1) is 12.6 Å². The number of aliphatic hydroxyl groups is 1. The molecule has 2 N–H and O–H groups in total. The van der Waals surface area contributed by atoms with Gasteiger partial charge in [0.15, 0.2) is 0 Å². The van der Waals surface area contributed by atoms with Crippen LogP contribution in [0.25, 0.3) is 0 Å². The van der Waals surface area contributed by atoms with Crippen LogP contribution in [-0.2, 0) is 4.79 Å². The van der Waals surface area contributed by atoms with Crippen LogP contribution in [0.1, 0.15) is 18.4 Å². The highest BCUT2D eigenvalue weighted by Crippen LogP contribution is 2.22. The van der Waals surface area contributed by atoms with Crippen LogP contribution in [0.15, 0.2) is 18.2 Å². The van der Waals surface area contributed by atoms with Crippen LogP contribution in [0.3, 0.4) is 0 Å². The van der Waals surface area contributed by atoms with Gasteiger partial charge in [-0.1, -0.05) is 17.7 Å². The number of piperidine rings is 1. The molecule has 1 aliphatic heterocycles. The lowest BCUT2D eigenvalue weighted by atomic mass is 10.1. The van der Waals surface area contributed by atoms with Gasteiger partial charge >= 0.3 is 0 Å². The van der Waals surface area contributed by atoms with Gasteiger partial charge in [0, 0.05) is 17.3 Å². The Labute approximate surface area is 118 Å². The van der Waals surface area contributed by atoms with Crippen molar-refractivity contribution in [2.24, 2.45) is 0 Å². The van der Waals surface area contributed by atoms with E-state index in [4.69, 9.17) is 11.6 Å². The van der Waals surface area contributed by atoms with Crippen molar-refractivity contribution in [3.8, 4) is 0 Å². The second-order valence-corrected chi connectivity index (χ2v) is 5.40. The third-order valence-corrected chi connectivity index (χ3v) is 3.80. The van der Waals surface area contributed by atoms with Crippen LogP contribution < -0.4 is 5.32 Å². The third-order valence-electron chi connectivity index (χ3n) is 3.39. The molecule has 1 saturated heterocycles. The molecule has 0 aliphatic carbocycles. The molecule has 1 atom stereocenters. The number of nitrogens with zero attached hydrogens (tertiary/aromatic N) is 1. The van der Waals surface area contributed by atoms with Gasteiger partial charge in [-0.2, -0.15) is 0 Å². The van der Waals surface area contributed by atoms with Gasteiger partial charge in [-0.3, -0.25) is 9.69 Å². The Bertz CT molecular complexity index is 465. The molecule has 104 valence electrons. The Morgan fingerprint density at radius 1 is 1.58 bits per heavy atom. The molecule has 0 radical (unpaired) electrons. The summed E-state index contributed by atoms with van der Waals surface area (Å²) in [5.74, 6) is -0.0699. The molecule has 2 rings (SSSR count). The van der Waals surface area contributed by atoms with Crippen LogP contribution in [0.2, 0.25) is 5.02 Å². The molecule has 1 fully saturated rings. The lowest BCUT2D eigenvalue weighted by Crippen LogP contribution is -2.42. The van der Waals surface area contributed by atoms with Crippen molar-refractivity contribution >= 4 is 23.2 Å². The van der Waals surface area contributed by atoms with Crippen molar-refractivity contribution in [1.29, 1.82) is 0 Å². The number of amides is 1. The molecule has 1 aliphatic rings. The van der Waals surface area contributed by atoms with Gasteiger partial charge in [-0.15, -0.1) is 0 Å². The van der Waals surface area contributed by atoms with Gasteiger partial charge in [-0.05, 0) is 44.0 Å². The first-order valence-electron chi connectivity index (χ1n) is 6.51. The number of hydrogen-bond donors (Lipinski definition) is 2. The lowest BCUT2D eigenvalue weighted by molar-refractivity contribution is -0.118. The number of halogens is 1. The first-order valence-corrected chi connectivity index (χ1v) is 6.89. The van der Waals surface area contributed by atoms with Crippen LogP contribution in [0, 0.1) is 6.92 Å². The summed E-state index contributed by atoms with van der Waals surface area (Å²) >= 11 is 6.01. The Hall–Kier alpha value is -1.10. The van der Waals surface area contributed by atoms with Gasteiger partial charge in [0.25, 0.3) is 0 Å². The van der Waals surface area contributed by atoms with E-state index < -0.39 is 0 Å². The standard InChI is InChI=1S/C14H19ClN2O2/c1-10-12(15)5-2-6-13(10)16-14(19)9-17-7-3-4-11(18)8-17/h2,5-6,11,18H,3-4,7-9H2,1H3,(H,16,19). The SMILES string of the molecule is Cc1c(Cl)cccc1NC(=O)CN1CCCC(O)C1. The first-order chi connectivity index (χ1) is 9.06. The van der Waals surface area contributed by atoms with E-state index in [1.54, 1.807) is 6.07 Å². The molecule has 19 heavy (non-hydrogen) atoms. The number of hydrogen-bond acceptors (Lipinski definition) is 3. The monoisotopic (exact) mass is 282 g/mol. The zero-order valence-electron chi connectivity index (χ0n) is 11.0. The van der Waals surface area contributed by atoms with Crippen LogP contribution in [-0.4, -0.2) is 41.7 Å². The average molecular weight is 283 g/mol. The largest absolute Gasteiger partial charge is 0.392 e. The summed E-state index contributed by atoms with van der Waals surface area (Å²) in [7, 11) is 0. The molecular formula is C14H19ClN2O2. The fourth-order valence-electron chi connectivity index (χ4n) is 2.31. The van der Waals surface area contributed by atoms with Crippen molar-refractivity contribution in [1.82, 2.24) is 4.90 Å². The maximum Gasteiger partial charge on any atom is 0.238 e.